The van der Waals surface area contributed by atoms with Crippen molar-refractivity contribution in [3.63, 3.8) is 0 Å². The Morgan fingerprint density at radius 2 is 1.57 bits per heavy atom. The fraction of sp³-hybridized carbons (Fsp3) is 0.200. The molecule has 1 aliphatic heterocycles. The molecule has 1 aliphatic rings. The van der Waals surface area contributed by atoms with E-state index in [4.69, 9.17) is 23.2 Å². The molecule has 0 aliphatic carbocycles. The summed E-state index contributed by atoms with van der Waals surface area (Å²) in [5.41, 5.74) is 0.726. The van der Waals surface area contributed by atoms with Crippen molar-refractivity contribution >= 4 is 56.4 Å². The Kier molecular flexibility index (Phi) is 7.64. The number of anilines is 2. The quantitative estimate of drug-likeness (QED) is 0.461. The molecule has 10 heteroatoms. The van der Waals surface area contributed by atoms with Crippen LogP contribution in [0.5, 0.6) is 0 Å². The molecule has 0 bridgehead atoms. The van der Waals surface area contributed by atoms with E-state index in [0.29, 0.717) is 24.3 Å². The Hall–Kier alpha value is -3.07. The average molecular weight is 532 g/mol. The summed E-state index contributed by atoms with van der Waals surface area (Å²) in [6.45, 7) is 0.748. The molecule has 1 N–H and O–H groups in total. The number of para-hydroxylation sites is 1. The Morgan fingerprint density at radius 1 is 0.914 bits per heavy atom. The molecule has 0 radical (unpaired) electrons. The van der Waals surface area contributed by atoms with E-state index in [-0.39, 0.29) is 26.5 Å². The van der Waals surface area contributed by atoms with Crippen LogP contribution in [0.25, 0.3) is 0 Å². The SMILES string of the molecule is O=C(CN(c1cc(Cl)ccc1Cl)S(=O)(=O)c1ccccc1)Nc1ccccc1C(=O)N1CCCC1. The third-order valence-corrected chi connectivity index (χ3v) is 7.95. The highest BCUT2D eigenvalue weighted by molar-refractivity contribution is 7.92. The van der Waals surface area contributed by atoms with Gasteiger partial charge in [-0.3, -0.25) is 13.9 Å². The first-order chi connectivity index (χ1) is 16.8. The van der Waals surface area contributed by atoms with E-state index in [1.165, 1.54) is 30.3 Å². The van der Waals surface area contributed by atoms with Crippen molar-refractivity contribution in [2.45, 2.75) is 17.7 Å². The Morgan fingerprint density at radius 3 is 2.29 bits per heavy atom. The number of benzene rings is 3. The molecule has 182 valence electrons. The van der Waals surface area contributed by atoms with Crippen LogP contribution in [-0.2, 0) is 14.8 Å². The molecule has 0 spiro atoms. The second-order valence-corrected chi connectivity index (χ2v) is 10.7. The fourth-order valence-electron chi connectivity index (χ4n) is 3.89. The maximum atomic E-state index is 13.5. The van der Waals surface area contributed by atoms with Gasteiger partial charge >= 0.3 is 0 Å². The molecule has 4 rings (SSSR count). The standard InChI is InChI=1S/C25H23Cl2N3O4S/c26-18-12-13-21(27)23(16-18)30(35(33,34)19-8-2-1-3-9-19)17-24(31)28-22-11-5-4-10-20(22)25(32)29-14-6-7-15-29/h1-5,8-13,16H,6-7,14-15,17H2,(H,28,31). The number of hydrogen-bond donors (Lipinski definition) is 1. The molecule has 1 heterocycles. The molecule has 7 nitrogen and oxygen atoms in total. The van der Waals surface area contributed by atoms with Crippen LogP contribution in [0, 0.1) is 0 Å². The van der Waals surface area contributed by atoms with Gasteiger partial charge in [-0.25, -0.2) is 8.42 Å². The fourth-order valence-corrected chi connectivity index (χ4v) is 5.77. The predicted molar refractivity (Wildman–Crippen MR) is 138 cm³/mol. The van der Waals surface area contributed by atoms with Gasteiger partial charge in [0.1, 0.15) is 6.54 Å². The highest BCUT2D eigenvalue weighted by Crippen LogP contribution is 2.33. The van der Waals surface area contributed by atoms with Gasteiger partial charge < -0.3 is 10.2 Å². The summed E-state index contributed by atoms with van der Waals surface area (Å²) in [6, 6.07) is 18.8. The van der Waals surface area contributed by atoms with Crippen molar-refractivity contribution < 1.29 is 18.0 Å². The summed E-state index contributed by atoms with van der Waals surface area (Å²) in [6.07, 6.45) is 1.87. The number of carbonyl (C=O) groups is 2. The van der Waals surface area contributed by atoms with Crippen LogP contribution in [0.4, 0.5) is 11.4 Å². The Balaban J connectivity index is 1.65. The predicted octanol–water partition coefficient (Wildman–Crippen LogP) is 5.06. The van der Waals surface area contributed by atoms with Crippen molar-refractivity contribution in [2.24, 2.45) is 0 Å². The first-order valence-corrected chi connectivity index (χ1v) is 13.2. The second kappa shape index (κ2) is 10.7. The molecule has 1 saturated heterocycles. The molecule has 3 aromatic carbocycles. The van der Waals surface area contributed by atoms with Crippen LogP contribution in [0.2, 0.25) is 10.0 Å². The maximum absolute atomic E-state index is 13.5. The van der Waals surface area contributed by atoms with Crippen molar-refractivity contribution in [3.8, 4) is 0 Å². The lowest BCUT2D eigenvalue weighted by Gasteiger charge is -2.25. The van der Waals surface area contributed by atoms with Crippen molar-refractivity contribution in [3.05, 3.63) is 88.4 Å². The molecule has 3 aromatic rings. The largest absolute Gasteiger partial charge is 0.339 e. The van der Waals surface area contributed by atoms with Gasteiger partial charge in [-0.05, 0) is 55.3 Å². The summed E-state index contributed by atoms with van der Waals surface area (Å²) in [5, 5.41) is 3.08. The van der Waals surface area contributed by atoms with Crippen LogP contribution in [0.1, 0.15) is 23.2 Å². The zero-order valence-corrected chi connectivity index (χ0v) is 21.0. The first-order valence-electron chi connectivity index (χ1n) is 11.0. The third-order valence-electron chi connectivity index (χ3n) is 5.62. The van der Waals surface area contributed by atoms with Crippen molar-refractivity contribution in [1.29, 1.82) is 0 Å². The minimum absolute atomic E-state index is 0.00606. The monoisotopic (exact) mass is 531 g/mol. The summed E-state index contributed by atoms with van der Waals surface area (Å²) >= 11 is 12.4. The van der Waals surface area contributed by atoms with Gasteiger partial charge in [0.2, 0.25) is 5.91 Å². The van der Waals surface area contributed by atoms with Gasteiger partial charge in [-0.1, -0.05) is 53.5 Å². The zero-order chi connectivity index (χ0) is 25.0. The number of sulfonamides is 1. The van der Waals surface area contributed by atoms with Crippen LogP contribution in [0.15, 0.2) is 77.7 Å². The smallest absolute Gasteiger partial charge is 0.264 e. The van der Waals surface area contributed by atoms with Gasteiger partial charge in [0.25, 0.3) is 15.9 Å². The van der Waals surface area contributed by atoms with Gasteiger partial charge in [-0.2, -0.15) is 0 Å². The molecular weight excluding hydrogens is 509 g/mol. The number of nitrogens with one attached hydrogen (secondary N) is 1. The van der Waals surface area contributed by atoms with Crippen molar-refractivity contribution in [2.75, 3.05) is 29.3 Å². The number of nitrogens with zero attached hydrogens (tertiary/aromatic N) is 2. The van der Waals surface area contributed by atoms with E-state index in [2.05, 4.69) is 5.32 Å². The van der Waals surface area contributed by atoms with E-state index in [1.807, 2.05) is 0 Å². The van der Waals surface area contributed by atoms with Gasteiger partial charge in [0.05, 0.1) is 26.9 Å². The van der Waals surface area contributed by atoms with Crippen LogP contribution < -0.4 is 9.62 Å². The Labute approximate surface area is 214 Å². The normalized spacial score (nSPS) is 13.5. The molecule has 35 heavy (non-hydrogen) atoms. The van der Waals surface area contributed by atoms with Gasteiger partial charge in [-0.15, -0.1) is 0 Å². The summed E-state index contributed by atoms with van der Waals surface area (Å²) in [5.74, 6) is -0.813. The molecule has 0 aromatic heterocycles. The molecule has 0 unspecified atom stereocenters. The minimum atomic E-state index is -4.17. The number of likely N-dealkylation sites (tertiary alicyclic amines) is 1. The molecule has 2 amide bonds. The van der Waals surface area contributed by atoms with E-state index in [0.717, 1.165) is 17.1 Å². The van der Waals surface area contributed by atoms with Gasteiger partial charge in [0, 0.05) is 18.1 Å². The number of halogens is 2. The average Bonchev–Trinajstić information content (AvgIpc) is 3.40. The van der Waals surface area contributed by atoms with E-state index in [9.17, 15) is 18.0 Å². The van der Waals surface area contributed by atoms with E-state index < -0.39 is 22.5 Å². The van der Waals surface area contributed by atoms with Crippen molar-refractivity contribution in [1.82, 2.24) is 4.90 Å². The number of carbonyl (C=O) groups excluding carboxylic acids is 2. The lowest BCUT2D eigenvalue weighted by Crippen LogP contribution is -2.38. The zero-order valence-electron chi connectivity index (χ0n) is 18.7. The van der Waals surface area contributed by atoms with Crippen LogP contribution in [0.3, 0.4) is 0 Å². The number of rotatable bonds is 7. The molecular formula is C25H23Cl2N3O4S. The highest BCUT2D eigenvalue weighted by Gasteiger charge is 2.30. The van der Waals surface area contributed by atoms with Crippen LogP contribution >= 0.6 is 23.2 Å². The Bertz CT molecular complexity index is 1340. The molecule has 0 atom stereocenters. The molecule has 1 fully saturated rings. The summed E-state index contributed by atoms with van der Waals surface area (Å²) < 4.78 is 27.9. The number of hydrogen-bond acceptors (Lipinski definition) is 4. The summed E-state index contributed by atoms with van der Waals surface area (Å²) in [7, 11) is -4.17. The second-order valence-electron chi connectivity index (χ2n) is 8.01. The highest BCUT2D eigenvalue weighted by atomic mass is 35.5. The van der Waals surface area contributed by atoms with E-state index >= 15 is 0 Å². The number of amides is 2. The maximum Gasteiger partial charge on any atom is 0.264 e. The summed E-state index contributed by atoms with van der Waals surface area (Å²) in [4.78, 5) is 27.8. The van der Waals surface area contributed by atoms with E-state index in [1.54, 1.807) is 47.4 Å². The first kappa shape index (κ1) is 25.0. The van der Waals surface area contributed by atoms with Crippen LogP contribution in [-0.4, -0.2) is 44.8 Å². The minimum Gasteiger partial charge on any atom is -0.339 e. The lowest BCUT2D eigenvalue weighted by atomic mass is 10.1. The topological polar surface area (TPSA) is 86.8 Å². The molecule has 0 saturated carbocycles. The van der Waals surface area contributed by atoms with Gasteiger partial charge in [0.15, 0.2) is 0 Å². The third kappa shape index (κ3) is 5.61. The lowest BCUT2D eigenvalue weighted by molar-refractivity contribution is -0.114.